The summed E-state index contributed by atoms with van der Waals surface area (Å²) in [5.41, 5.74) is 5.72. The van der Waals surface area contributed by atoms with Crippen molar-refractivity contribution < 1.29 is 9.53 Å². The molecule has 0 heterocycles. The second kappa shape index (κ2) is 10.2. The summed E-state index contributed by atoms with van der Waals surface area (Å²) in [7, 11) is 0. The van der Waals surface area contributed by atoms with Gasteiger partial charge in [0, 0.05) is 17.5 Å². The molecule has 1 aromatic carbocycles. The number of ether oxygens (including phenoxy) is 1. The molecule has 130 valence electrons. The van der Waals surface area contributed by atoms with Gasteiger partial charge in [0.1, 0.15) is 5.75 Å². The van der Waals surface area contributed by atoms with Crippen LogP contribution in [0.2, 0.25) is 10.0 Å². The van der Waals surface area contributed by atoms with Crippen LogP contribution in [0.5, 0.6) is 5.75 Å². The number of carbonyl (C=O) groups is 1. The van der Waals surface area contributed by atoms with Gasteiger partial charge in [-0.05, 0) is 49.9 Å². The van der Waals surface area contributed by atoms with Gasteiger partial charge in [-0.3, -0.25) is 4.79 Å². The fourth-order valence-electron chi connectivity index (χ4n) is 2.80. The normalized spacial score (nSPS) is 20.0. The maximum atomic E-state index is 11.9. The maximum Gasteiger partial charge on any atom is 0.220 e. The maximum absolute atomic E-state index is 11.9. The summed E-state index contributed by atoms with van der Waals surface area (Å²) < 4.78 is 5.56. The minimum absolute atomic E-state index is 0. The Bertz CT molecular complexity index is 514. The van der Waals surface area contributed by atoms with Gasteiger partial charge >= 0.3 is 0 Å². The van der Waals surface area contributed by atoms with Gasteiger partial charge < -0.3 is 15.8 Å². The molecule has 3 N–H and O–H groups in total. The van der Waals surface area contributed by atoms with E-state index < -0.39 is 0 Å². The van der Waals surface area contributed by atoms with Crippen molar-refractivity contribution >= 4 is 41.5 Å². The molecule has 1 saturated carbocycles. The molecule has 1 aliphatic rings. The van der Waals surface area contributed by atoms with Gasteiger partial charge in [0.15, 0.2) is 0 Å². The molecule has 0 bridgehead atoms. The van der Waals surface area contributed by atoms with E-state index in [2.05, 4.69) is 5.32 Å². The van der Waals surface area contributed by atoms with Crippen LogP contribution in [0.25, 0.3) is 0 Å². The summed E-state index contributed by atoms with van der Waals surface area (Å²) in [6.07, 6.45) is 4.37. The third-order valence-corrected chi connectivity index (χ3v) is 4.54. The Morgan fingerprint density at radius 3 is 2.83 bits per heavy atom. The van der Waals surface area contributed by atoms with Gasteiger partial charge in [0.05, 0.1) is 11.6 Å². The van der Waals surface area contributed by atoms with Crippen LogP contribution in [0.15, 0.2) is 18.2 Å². The predicted molar refractivity (Wildman–Crippen MR) is 96.8 cm³/mol. The predicted octanol–water partition coefficient (Wildman–Crippen LogP) is 3.82. The first-order valence-electron chi connectivity index (χ1n) is 7.67. The van der Waals surface area contributed by atoms with Crippen molar-refractivity contribution in [1.29, 1.82) is 0 Å². The van der Waals surface area contributed by atoms with Crippen molar-refractivity contribution in [2.75, 3.05) is 13.2 Å². The van der Waals surface area contributed by atoms with Crippen LogP contribution in [-0.2, 0) is 4.79 Å². The minimum Gasteiger partial charge on any atom is -0.492 e. The van der Waals surface area contributed by atoms with E-state index in [0.29, 0.717) is 47.7 Å². The molecule has 2 unspecified atom stereocenters. The van der Waals surface area contributed by atoms with E-state index in [0.717, 1.165) is 19.3 Å². The number of hydrogen-bond acceptors (Lipinski definition) is 3. The summed E-state index contributed by atoms with van der Waals surface area (Å²) in [6.45, 7) is 1.09. The average molecular weight is 382 g/mol. The lowest BCUT2D eigenvalue weighted by Crippen LogP contribution is -2.39. The van der Waals surface area contributed by atoms with Crippen LogP contribution in [0.3, 0.4) is 0 Å². The SMILES string of the molecule is Cl.NCC1CCCC1NC(=O)CCCOc1ccc(Cl)cc1Cl. The molecule has 23 heavy (non-hydrogen) atoms. The van der Waals surface area contributed by atoms with Crippen LogP contribution >= 0.6 is 35.6 Å². The molecular formula is C16H23Cl3N2O2. The van der Waals surface area contributed by atoms with Crippen LogP contribution in [0, 0.1) is 5.92 Å². The monoisotopic (exact) mass is 380 g/mol. The van der Waals surface area contributed by atoms with Gasteiger partial charge in [-0.15, -0.1) is 12.4 Å². The van der Waals surface area contributed by atoms with Crippen molar-refractivity contribution in [3.05, 3.63) is 28.2 Å². The number of benzene rings is 1. The molecule has 0 radical (unpaired) electrons. The first-order valence-corrected chi connectivity index (χ1v) is 8.43. The lowest BCUT2D eigenvalue weighted by atomic mass is 10.0. The number of halogens is 3. The van der Waals surface area contributed by atoms with Gasteiger partial charge in [0.25, 0.3) is 0 Å². The van der Waals surface area contributed by atoms with Crippen molar-refractivity contribution in [3.63, 3.8) is 0 Å². The summed E-state index contributed by atoms with van der Waals surface area (Å²) in [4.78, 5) is 11.9. The zero-order valence-electron chi connectivity index (χ0n) is 12.9. The van der Waals surface area contributed by atoms with E-state index in [9.17, 15) is 4.79 Å². The van der Waals surface area contributed by atoms with E-state index in [1.54, 1.807) is 18.2 Å². The van der Waals surface area contributed by atoms with E-state index >= 15 is 0 Å². The highest BCUT2D eigenvalue weighted by molar-refractivity contribution is 6.35. The third kappa shape index (κ3) is 6.38. The Balaban J connectivity index is 0.00000264. The molecule has 7 heteroatoms. The van der Waals surface area contributed by atoms with Gasteiger partial charge in [-0.2, -0.15) is 0 Å². The highest BCUT2D eigenvalue weighted by atomic mass is 35.5. The molecule has 1 fully saturated rings. The molecule has 0 saturated heterocycles. The number of carbonyl (C=O) groups excluding carboxylic acids is 1. The van der Waals surface area contributed by atoms with Crippen LogP contribution < -0.4 is 15.8 Å². The van der Waals surface area contributed by atoms with Gasteiger partial charge in [-0.25, -0.2) is 0 Å². The fourth-order valence-corrected chi connectivity index (χ4v) is 3.26. The van der Waals surface area contributed by atoms with E-state index in [4.69, 9.17) is 33.7 Å². The van der Waals surface area contributed by atoms with Crippen molar-refractivity contribution in [2.45, 2.75) is 38.1 Å². The topological polar surface area (TPSA) is 64.3 Å². The minimum atomic E-state index is 0. The van der Waals surface area contributed by atoms with Crippen molar-refractivity contribution in [1.82, 2.24) is 5.32 Å². The van der Waals surface area contributed by atoms with E-state index in [-0.39, 0.29) is 24.4 Å². The van der Waals surface area contributed by atoms with Gasteiger partial charge in [-0.1, -0.05) is 29.6 Å². The zero-order chi connectivity index (χ0) is 15.9. The first kappa shape index (κ1) is 20.4. The Morgan fingerprint density at radius 1 is 1.35 bits per heavy atom. The Kier molecular flexibility index (Phi) is 9.07. The largest absolute Gasteiger partial charge is 0.492 e. The highest BCUT2D eigenvalue weighted by Gasteiger charge is 2.26. The molecule has 1 aromatic rings. The Morgan fingerprint density at radius 2 is 2.13 bits per heavy atom. The lowest BCUT2D eigenvalue weighted by Gasteiger charge is -2.19. The molecule has 0 aliphatic heterocycles. The lowest BCUT2D eigenvalue weighted by molar-refractivity contribution is -0.122. The average Bonchev–Trinajstić information content (AvgIpc) is 2.92. The van der Waals surface area contributed by atoms with Crippen molar-refractivity contribution in [3.8, 4) is 5.75 Å². The molecule has 1 aliphatic carbocycles. The number of hydrogen-bond donors (Lipinski definition) is 2. The summed E-state index contributed by atoms with van der Waals surface area (Å²) in [5.74, 6) is 1.08. The van der Waals surface area contributed by atoms with Crippen molar-refractivity contribution in [2.24, 2.45) is 11.7 Å². The Hall–Kier alpha value is -0.680. The quantitative estimate of drug-likeness (QED) is 0.706. The summed E-state index contributed by atoms with van der Waals surface area (Å²) >= 11 is 11.8. The van der Waals surface area contributed by atoms with Crippen LogP contribution in [0.4, 0.5) is 0 Å². The molecule has 0 aromatic heterocycles. The van der Waals surface area contributed by atoms with Crippen LogP contribution in [-0.4, -0.2) is 25.1 Å². The summed E-state index contributed by atoms with van der Waals surface area (Å²) in [5, 5.41) is 4.13. The first-order chi connectivity index (χ1) is 10.6. The summed E-state index contributed by atoms with van der Waals surface area (Å²) in [6, 6.07) is 5.33. The fraction of sp³-hybridized carbons (Fsp3) is 0.562. The highest BCUT2D eigenvalue weighted by Crippen LogP contribution is 2.27. The number of nitrogens with one attached hydrogen (secondary N) is 1. The van der Waals surface area contributed by atoms with E-state index in [1.807, 2.05) is 0 Å². The second-order valence-electron chi connectivity index (χ2n) is 5.63. The van der Waals surface area contributed by atoms with Crippen LogP contribution in [0.1, 0.15) is 32.1 Å². The Labute approximate surface area is 153 Å². The molecule has 4 nitrogen and oxygen atoms in total. The molecule has 2 rings (SSSR count). The standard InChI is InChI=1S/C16H22Cl2N2O2.ClH/c17-12-6-7-15(13(18)9-12)22-8-2-5-16(21)20-14-4-1-3-11(14)10-19;/h6-7,9,11,14H,1-5,8,10,19H2,(H,20,21);1H. The number of nitrogens with two attached hydrogens (primary N) is 1. The third-order valence-electron chi connectivity index (χ3n) is 4.01. The number of rotatable bonds is 7. The molecule has 0 spiro atoms. The smallest absolute Gasteiger partial charge is 0.220 e. The molecule has 1 amide bonds. The van der Waals surface area contributed by atoms with Gasteiger partial charge in [0.2, 0.25) is 5.91 Å². The molecular weight excluding hydrogens is 359 g/mol. The van der Waals surface area contributed by atoms with E-state index in [1.165, 1.54) is 0 Å². The molecule has 2 atom stereocenters. The zero-order valence-corrected chi connectivity index (χ0v) is 15.2. The number of amides is 1. The second-order valence-corrected chi connectivity index (χ2v) is 6.47.